The molecule has 0 aliphatic carbocycles. The predicted molar refractivity (Wildman–Crippen MR) is 120 cm³/mol. The van der Waals surface area contributed by atoms with Crippen LogP contribution in [0.25, 0.3) is 0 Å². The summed E-state index contributed by atoms with van der Waals surface area (Å²) in [6.45, 7) is 7.58. The first-order valence-electron chi connectivity index (χ1n) is 10.3. The van der Waals surface area contributed by atoms with Crippen LogP contribution in [0.15, 0.2) is 41.3 Å². The maximum Gasteiger partial charge on any atom is 0.243 e. The quantitative estimate of drug-likeness (QED) is 0.711. The maximum atomic E-state index is 13.2. The molecular weight excluding hydrogens is 416 g/mol. The van der Waals surface area contributed by atoms with Crippen LogP contribution in [0.4, 0.5) is 17.1 Å². The Bertz CT molecular complexity index is 1150. The molecule has 0 radical (unpaired) electrons. The molecule has 0 spiro atoms. The van der Waals surface area contributed by atoms with E-state index in [-0.39, 0.29) is 10.6 Å². The average molecular weight is 443 g/mol. The summed E-state index contributed by atoms with van der Waals surface area (Å²) in [7, 11) is -3.73. The summed E-state index contributed by atoms with van der Waals surface area (Å²) >= 11 is 0. The molecule has 1 atom stereocenters. The van der Waals surface area contributed by atoms with Gasteiger partial charge in [-0.3, -0.25) is 9.59 Å². The minimum absolute atomic E-state index is 0.0931. The van der Waals surface area contributed by atoms with Crippen LogP contribution in [-0.2, 0) is 19.6 Å². The summed E-state index contributed by atoms with van der Waals surface area (Å²) in [5.41, 5.74) is 4.23. The second kappa shape index (κ2) is 7.97. The van der Waals surface area contributed by atoms with Gasteiger partial charge >= 0.3 is 0 Å². The third kappa shape index (κ3) is 3.90. The molecule has 0 bridgehead atoms. The molecule has 2 heterocycles. The molecule has 1 saturated heterocycles. The highest BCUT2D eigenvalue weighted by Gasteiger charge is 2.31. The van der Waals surface area contributed by atoms with Crippen molar-refractivity contribution in [1.29, 1.82) is 0 Å². The second-order valence-electron chi connectivity index (χ2n) is 8.02. The molecule has 4 rings (SSSR count). The van der Waals surface area contributed by atoms with Crippen molar-refractivity contribution in [3.63, 3.8) is 0 Å². The standard InChI is InChI=1S/C22H26N4O4S/c1-14-5-4-6-20(15(14)2)25-9-11-26(12-10-25)31(29,30)17-7-8-18-19(13-17)24-22(28)16(3)21(27)23-18/h4-8,13,16H,9-12H2,1-3H3,(H,23,27)(H,24,28)/t16-/m0/s1. The first-order valence-corrected chi connectivity index (χ1v) is 11.7. The highest BCUT2D eigenvalue weighted by atomic mass is 32.2. The Hall–Kier alpha value is -2.91. The lowest BCUT2D eigenvalue weighted by Gasteiger charge is -2.36. The number of aryl methyl sites for hydroxylation is 1. The van der Waals surface area contributed by atoms with Crippen LogP contribution in [0.5, 0.6) is 0 Å². The maximum absolute atomic E-state index is 13.2. The van der Waals surface area contributed by atoms with Gasteiger partial charge in [-0.2, -0.15) is 4.31 Å². The lowest BCUT2D eigenvalue weighted by atomic mass is 10.1. The van der Waals surface area contributed by atoms with Gasteiger partial charge in [0.25, 0.3) is 0 Å². The Balaban J connectivity index is 1.54. The fourth-order valence-corrected chi connectivity index (χ4v) is 5.34. The number of sulfonamides is 1. The van der Waals surface area contributed by atoms with Gasteiger partial charge in [-0.05, 0) is 56.2 Å². The molecule has 31 heavy (non-hydrogen) atoms. The number of fused-ring (bicyclic) bond motifs is 1. The highest BCUT2D eigenvalue weighted by Crippen LogP contribution is 2.31. The SMILES string of the molecule is Cc1cccc(N2CCN(S(=O)(=O)c3ccc4c(c3)NC(=O)[C@@H](C)C(=O)N4)CC2)c1C. The van der Waals surface area contributed by atoms with Gasteiger partial charge in [-0.1, -0.05) is 12.1 Å². The number of carbonyl (C=O) groups excluding carboxylic acids is 2. The van der Waals surface area contributed by atoms with E-state index >= 15 is 0 Å². The number of nitrogens with one attached hydrogen (secondary N) is 2. The van der Waals surface area contributed by atoms with Crippen LogP contribution in [0.1, 0.15) is 18.1 Å². The second-order valence-corrected chi connectivity index (χ2v) is 9.96. The molecule has 2 aromatic rings. The topological polar surface area (TPSA) is 98.8 Å². The van der Waals surface area contributed by atoms with Crippen molar-refractivity contribution in [2.45, 2.75) is 25.7 Å². The Labute approximate surface area is 182 Å². The normalized spacial score (nSPS) is 20.0. The highest BCUT2D eigenvalue weighted by molar-refractivity contribution is 7.89. The van der Waals surface area contributed by atoms with Crippen LogP contribution in [0.3, 0.4) is 0 Å². The molecule has 2 aliphatic heterocycles. The zero-order valence-electron chi connectivity index (χ0n) is 17.8. The summed E-state index contributed by atoms with van der Waals surface area (Å²) in [5.74, 6) is -1.74. The van der Waals surface area contributed by atoms with Gasteiger partial charge in [-0.25, -0.2) is 8.42 Å². The van der Waals surface area contributed by atoms with Crippen molar-refractivity contribution in [3.05, 3.63) is 47.5 Å². The number of piperazine rings is 1. The molecule has 8 nitrogen and oxygen atoms in total. The fraction of sp³-hybridized carbons (Fsp3) is 0.364. The molecule has 164 valence electrons. The number of hydrogen-bond acceptors (Lipinski definition) is 5. The molecule has 2 aromatic carbocycles. The van der Waals surface area contributed by atoms with Crippen LogP contribution in [0, 0.1) is 19.8 Å². The van der Waals surface area contributed by atoms with Gasteiger partial charge in [0, 0.05) is 31.9 Å². The number of rotatable bonds is 3. The Kier molecular flexibility index (Phi) is 5.49. The molecule has 2 aliphatic rings. The molecule has 2 N–H and O–H groups in total. The first kappa shape index (κ1) is 21.3. The van der Waals surface area contributed by atoms with Gasteiger partial charge in [0.05, 0.1) is 16.3 Å². The molecule has 0 aromatic heterocycles. The van der Waals surface area contributed by atoms with Crippen molar-refractivity contribution in [3.8, 4) is 0 Å². The van der Waals surface area contributed by atoms with E-state index in [4.69, 9.17) is 0 Å². The van der Waals surface area contributed by atoms with Gasteiger partial charge in [0.2, 0.25) is 21.8 Å². The van der Waals surface area contributed by atoms with Gasteiger partial charge in [0.15, 0.2) is 0 Å². The van der Waals surface area contributed by atoms with Crippen molar-refractivity contribution < 1.29 is 18.0 Å². The smallest absolute Gasteiger partial charge is 0.243 e. The van der Waals surface area contributed by atoms with Crippen LogP contribution in [-0.4, -0.2) is 50.7 Å². The number of amides is 2. The van der Waals surface area contributed by atoms with Crippen LogP contribution >= 0.6 is 0 Å². The monoisotopic (exact) mass is 442 g/mol. The van der Waals surface area contributed by atoms with E-state index in [0.29, 0.717) is 31.9 Å². The van der Waals surface area contributed by atoms with E-state index in [1.54, 1.807) is 0 Å². The molecule has 2 amide bonds. The van der Waals surface area contributed by atoms with Crippen LogP contribution in [0.2, 0.25) is 0 Å². The summed E-state index contributed by atoms with van der Waals surface area (Å²) in [4.78, 5) is 26.4. The Morgan fingerprint density at radius 2 is 1.55 bits per heavy atom. The molecule has 9 heteroatoms. The third-order valence-electron chi connectivity index (χ3n) is 6.09. The Morgan fingerprint density at radius 3 is 2.23 bits per heavy atom. The lowest BCUT2D eigenvalue weighted by Crippen LogP contribution is -2.48. The third-order valence-corrected chi connectivity index (χ3v) is 7.98. The number of hydrogen-bond donors (Lipinski definition) is 2. The van der Waals surface area contributed by atoms with Crippen molar-refractivity contribution >= 4 is 38.9 Å². The summed E-state index contributed by atoms with van der Waals surface area (Å²) in [5, 5.41) is 5.30. The Morgan fingerprint density at radius 1 is 0.903 bits per heavy atom. The van der Waals surface area contributed by atoms with Crippen LogP contribution < -0.4 is 15.5 Å². The van der Waals surface area contributed by atoms with Gasteiger partial charge in [0.1, 0.15) is 5.92 Å². The summed E-state index contributed by atoms with van der Waals surface area (Å²) < 4.78 is 27.9. The number of nitrogens with zero attached hydrogens (tertiary/aromatic N) is 2. The largest absolute Gasteiger partial charge is 0.369 e. The summed E-state index contributed by atoms with van der Waals surface area (Å²) in [6.07, 6.45) is 0. The minimum Gasteiger partial charge on any atom is -0.369 e. The molecule has 1 fully saturated rings. The van der Waals surface area contributed by atoms with Crippen molar-refractivity contribution in [2.24, 2.45) is 5.92 Å². The van der Waals surface area contributed by atoms with E-state index in [2.05, 4.69) is 41.5 Å². The number of anilines is 3. The van der Waals surface area contributed by atoms with Crippen molar-refractivity contribution in [1.82, 2.24) is 4.31 Å². The van der Waals surface area contributed by atoms with E-state index in [1.165, 1.54) is 40.6 Å². The van der Waals surface area contributed by atoms with E-state index in [0.717, 1.165) is 5.69 Å². The van der Waals surface area contributed by atoms with E-state index < -0.39 is 27.8 Å². The fourth-order valence-electron chi connectivity index (χ4n) is 3.89. The van der Waals surface area contributed by atoms with Crippen molar-refractivity contribution in [2.75, 3.05) is 41.7 Å². The van der Waals surface area contributed by atoms with E-state index in [1.807, 2.05) is 6.07 Å². The zero-order valence-corrected chi connectivity index (χ0v) is 18.6. The molecule has 0 unspecified atom stereocenters. The van der Waals surface area contributed by atoms with Gasteiger partial charge in [-0.15, -0.1) is 0 Å². The first-order chi connectivity index (χ1) is 14.7. The number of carbonyl (C=O) groups is 2. The number of benzene rings is 2. The van der Waals surface area contributed by atoms with Gasteiger partial charge < -0.3 is 15.5 Å². The lowest BCUT2D eigenvalue weighted by molar-refractivity contribution is -0.128. The molecule has 0 saturated carbocycles. The average Bonchev–Trinajstić information content (AvgIpc) is 2.86. The van der Waals surface area contributed by atoms with E-state index in [9.17, 15) is 18.0 Å². The molecular formula is C22H26N4O4S. The zero-order chi connectivity index (χ0) is 22.3. The summed E-state index contributed by atoms with van der Waals surface area (Å²) in [6, 6.07) is 10.6. The predicted octanol–water partition coefficient (Wildman–Crippen LogP) is 2.34. The minimum atomic E-state index is -3.73.